The molecule has 1 aliphatic carbocycles. The summed E-state index contributed by atoms with van der Waals surface area (Å²) in [5.41, 5.74) is 3.49. The number of aliphatic hydroxyl groups excluding tert-OH is 1. The Hall–Kier alpha value is -1.33. The second-order valence-corrected chi connectivity index (χ2v) is 5.49. The van der Waals surface area contributed by atoms with Crippen LogP contribution in [0.15, 0.2) is 34.9 Å². The van der Waals surface area contributed by atoms with Gasteiger partial charge in [-0.05, 0) is 43.3 Å². The Labute approximate surface area is 104 Å². The summed E-state index contributed by atoms with van der Waals surface area (Å²) in [7, 11) is 0. The molecule has 0 aromatic heterocycles. The second-order valence-electron chi connectivity index (χ2n) is 5.49. The number of nitriles is 1. The predicted octanol–water partition coefficient (Wildman–Crippen LogP) is 3.51. The molecule has 1 N–H and O–H groups in total. The largest absolute Gasteiger partial charge is 0.393 e. The average molecular weight is 231 g/mol. The van der Waals surface area contributed by atoms with Crippen LogP contribution in [0.4, 0.5) is 0 Å². The molecule has 1 atom stereocenters. The number of hydrogen-bond acceptors (Lipinski definition) is 2. The van der Waals surface area contributed by atoms with Crippen molar-refractivity contribution in [3.05, 3.63) is 34.9 Å². The maximum absolute atomic E-state index is 9.78. The van der Waals surface area contributed by atoms with Crippen LogP contribution in [-0.4, -0.2) is 11.2 Å². The van der Waals surface area contributed by atoms with Crippen LogP contribution in [0.3, 0.4) is 0 Å². The molecule has 2 heteroatoms. The Morgan fingerprint density at radius 3 is 2.71 bits per heavy atom. The molecule has 0 bridgehead atoms. The number of nitrogens with zero attached hydrogens (tertiary/aromatic N) is 1. The molecule has 0 aliphatic heterocycles. The maximum Gasteiger partial charge on any atom is 0.0914 e. The average Bonchev–Trinajstić information content (AvgIpc) is 2.14. The van der Waals surface area contributed by atoms with E-state index in [-0.39, 0.29) is 11.5 Å². The first kappa shape index (κ1) is 13.7. The van der Waals surface area contributed by atoms with Crippen LogP contribution in [-0.2, 0) is 0 Å². The van der Waals surface area contributed by atoms with Gasteiger partial charge in [0.2, 0.25) is 0 Å². The van der Waals surface area contributed by atoms with Crippen molar-refractivity contribution >= 4 is 0 Å². The van der Waals surface area contributed by atoms with E-state index in [4.69, 9.17) is 5.26 Å². The van der Waals surface area contributed by atoms with Gasteiger partial charge >= 0.3 is 0 Å². The summed E-state index contributed by atoms with van der Waals surface area (Å²) in [6, 6.07) is 2.02. The number of allylic oxidation sites excluding steroid dienone is 5. The SMILES string of the molecule is CC1=C(/C=C/C(C)=C/C#N)C(C)(C)C[C@H](O)C1. The van der Waals surface area contributed by atoms with E-state index in [0.29, 0.717) is 0 Å². The zero-order chi connectivity index (χ0) is 13.1. The van der Waals surface area contributed by atoms with Gasteiger partial charge in [0.1, 0.15) is 0 Å². The zero-order valence-corrected chi connectivity index (χ0v) is 11.1. The first-order valence-corrected chi connectivity index (χ1v) is 5.99. The van der Waals surface area contributed by atoms with Crippen molar-refractivity contribution < 1.29 is 5.11 Å². The van der Waals surface area contributed by atoms with Gasteiger partial charge in [-0.1, -0.05) is 31.6 Å². The van der Waals surface area contributed by atoms with Gasteiger partial charge in [0.05, 0.1) is 12.2 Å². The topological polar surface area (TPSA) is 44.0 Å². The second kappa shape index (κ2) is 5.33. The van der Waals surface area contributed by atoms with Crippen molar-refractivity contribution in [2.75, 3.05) is 0 Å². The van der Waals surface area contributed by atoms with Crippen LogP contribution in [0, 0.1) is 16.7 Å². The Balaban J connectivity index is 3.00. The standard InChI is InChI=1S/C15H21NO/c1-11(7-8-16)5-6-14-12(2)9-13(17)10-15(14,3)4/h5-7,13,17H,9-10H2,1-4H3/b6-5+,11-7+/t13-/m1/s1. The molecule has 0 unspecified atom stereocenters. The first-order valence-electron chi connectivity index (χ1n) is 5.99. The van der Waals surface area contributed by atoms with Gasteiger partial charge in [0.25, 0.3) is 0 Å². The van der Waals surface area contributed by atoms with Crippen molar-refractivity contribution in [2.24, 2.45) is 5.41 Å². The smallest absolute Gasteiger partial charge is 0.0914 e. The summed E-state index contributed by atoms with van der Waals surface area (Å²) >= 11 is 0. The minimum Gasteiger partial charge on any atom is -0.393 e. The fourth-order valence-electron chi connectivity index (χ4n) is 2.54. The molecule has 17 heavy (non-hydrogen) atoms. The van der Waals surface area contributed by atoms with Gasteiger partial charge in [-0.3, -0.25) is 0 Å². The molecule has 0 spiro atoms. The molecule has 0 aromatic rings. The molecule has 92 valence electrons. The molecular formula is C15H21NO. The Morgan fingerprint density at radius 2 is 2.18 bits per heavy atom. The van der Waals surface area contributed by atoms with E-state index in [1.807, 2.05) is 19.1 Å². The lowest BCUT2D eigenvalue weighted by Crippen LogP contribution is -2.28. The van der Waals surface area contributed by atoms with Gasteiger partial charge in [-0.2, -0.15) is 5.26 Å². The lowest BCUT2D eigenvalue weighted by Gasteiger charge is -2.35. The Morgan fingerprint density at radius 1 is 1.53 bits per heavy atom. The third-order valence-electron chi connectivity index (χ3n) is 3.28. The summed E-state index contributed by atoms with van der Waals surface area (Å²) in [5, 5.41) is 18.3. The summed E-state index contributed by atoms with van der Waals surface area (Å²) in [6.07, 6.45) is 6.93. The molecule has 1 rings (SSSR count). The first-order chi connectivity index (χ1) is 7.86. The van der Waals surface area contributed by atoms with E-state index in [1.54, 1.807) is 0 Å². The normalized spacial score (nSPS) is 25.2. The Bertz CT molecular complexity index is 419. The van der Waals surface area contributed by atoms with E-state index in [9.17, 15) is 5.11 Å². The van der Waals surface area contributed by atoms with Crippen LogP contribution in [0.2, 0.25) is 0 Å². The third-order valence-corrected chi connectivity index (χ3v) is 3.28. The van der Waals surface area contributed by atoms with Crippen LogP contribution < -0.4 is 0 Å². The van der Waals surface area contributed by atoms with Crippen LogP contribution in [0.25, 0.3) is 0 Å². The molecule has 1 aliphatic rings. The van der Waals surface area contributed by atoms with Crippen LogP contribution in [0.5, 0.6) is 0 Å². The van der Waals surface area contributed by atoms with Crippen molar-refractivity contribution in [3.8, 4) is 6.07 Å². The fraction of sp³-hybridized carbons (Fsp3) is 0.533. The van der Waals surface area contributed by atoms with Gasteiger partial charge < -0.3 is 5.11 Å². The highest BCUT2D eigenvalue weighted by Crippen LogP contribution is 2.40. The molecule has 0 aromatic carbocycles. The van der Waals surface area contributed by atoms with Gasteiger partial charge in [-0.25, -0.2) is 0 Å². The van der Waals surface area contributed by atoms with Crippen molar-refractivity contribution in [1.29, 1.82) is 5.26 Å². The monoisotopic (exact) mass is 231 g/mol. The van der Waals surface area contributed by atoms with E-state index in [1.165, 1.54) is 17.2 Å². The molecule has 0 fully saturated rings. The highest BCUT2D eigenvalue weighted by molar-refractivity contribution is 5.37. The van der Waals surface area contributed by atoms with E-state index >= 15 is 0 Å². The molecule has 0 amide bonds. The molecule has 0 radical (unpaired) electrons. The molecule has 2 nitrogen and oxygen atoms in total. The zero-order valence-electron chi connectivity index (χ0n) is 11.1. The predicted molar refractivity (Wildman–Crippen MR) is 70.2 cm³/mol. The summed E-state index contributed by atoms with van der Waals surface area (Å²) in [6.45, 7) is 8.30. The lowest BCUT2D eigenvalue weighted by molar-refractivity contribution is 0.116. The third kappa shape index (κ3) is 3.57. The summed E-state index contributed by atoms with van der Waals surface area (Å²) < 4.78 is 0. The highest BCUT2D eigenvalue weighted by atomic mass is 16.3. The maximum atomic E-state index is 9.78. The van der Waals surface area contributed by atoms with Crippen LogP contribution >= 0.6 is 0 Å². The van der Waals surface area contributed by atoms with Crippen LogP contribution in [0.1, 0.15) is 40.5 Å². The van der Waals surface area contributed by atoms with Crippen molar-refractivity contribution in [3.63, 3.8) is 0 Å². The Kier molecular flexibility index (Phi) is 4.31. The fourth-order valence-corrected chi connectivity index (χ4v) is 2.54. The summed E-state index contributed by atoms with van der Waals surface area (Å²) in [4.78, 5) is 0. The summed E-state index contributed by atoms with van der Waals surface area (Å²) in [5.74, 6) is 0. The van der Waals surface area contributed by atoms with Gasteiger partial charge in [0, 0.05) is 6.08 Å². The molecular weight excluding hydrogens is 210 g/mol. The number of rotatable bonds is 2. The minimum absolute atomic E-state index is 0.00513. The lowest BCUT2D eigenvalue weighted by atomic mass is 9.71. The number of aliphatic hydroxyl groups is 1. The molecule has 0 saturated heterocycles. The van der Waals surface area contributed by atoms with E-state index < -0.39 is 0 Å². The molecule has 0 heterocycles. The van der Waals surface area contributed by atoms with Gasteiger partial charge in [0.15, 0.2) is 0 Å². The van der Waals surface area contributed by atoms with Crippen molar-refractivity contribution in [2.45, 2.75) is 46.6 Å². The quantitative estimate of drug-likeness (QED) is 0.584. The van der Waals surface area contributed by atoms with E-state index in [0.717, 1.165) is 18.4 Å². The van der Waals surface area contributed by atoms with E-state index in [2.05, 4.69) is 26.8 Å². The minimum atomic E-state index is -0.224. The number of hydrogen-bond donors (Lipinski definition) is 1. The van der Waals surface area contributed by atoms with Crippen molar-refractivity contribution in [1.82, 2.24) is 0 Å². The molecule has 0 saturated carbocycles. The highest BCUT2D eigenvalue weighted by Gasteiger charge is 2.31. The van der Waals surface area contributed by atoms with Gasteiger partial charge in [-0.15, -0.1) is 0 Å².